The third kappa shape index (κ3) is 10.3. The molecule has 0 unspecified atom stereocenters. The summed E-state index contributed by atoms with van der Waals surface area (Å²) >= 11 is 1.77. The number of rotatable bonds is 16. The molecule has 1 fully saturated rings. The summed E-state index contributed by atoms with van der Waals surface area (Å²) in [4.78, 5) is 31.4. The molecule has 1 N–H and O–H groups in total. The third-order valence-corrected chi connectivity index (χ3v) is 19.7. The molecule has 2 heterocycles. The molecular weight excluding hydrogens is 663 g/mol. The summed E-state index contributed by atoms with van der Waals surface area (Å²) in [7, 11) is -2.87. The van der Waals surface area contributed by atoms with E-state index in [9.17, 15) is 9.59 Å². The van der Waals surface area contributed by atoms with Gasteiger partial charge in [0.2, 0.25) is 0 Å². The van der Waals surface area contributed by atoms with Gasteiger partial charge < -0.3 is 28.4 Å². The number of benzene rings is 1. The minimum Gasteiger partial charge on any atom is -0.414 e. The van der Waals surface area contributed by atoms with Gasteiger partial charge in [-0.15, -0.1) is 0 Å². The first-order valence-corrected chi connectivity index (χ1v) is 23.9. The Labute approximate surface area is 294 Å². The first-order valence-electron chi connectivity index (χ1n) is 17.0. The molecular formula is C35H59N3O7SSi2. The Morgan fingerprint density at radius 3 is 2.23 bits per heavy atom. The Bertz CT molecular complexity index is 1390. The molecule has 0 spiro atoms. The number of carbonyl (C=O) groups is 1. The molecule has 270 valence electrons. The van der Waals surface area contributed by atoms with Crippen LogP contribution in [-0.2, 0) is 29.5 Å². The van der Waals surface area contributed by atoms with Gasteiger partial charge in [-0.3, -0.25) is 9.36 Å². The Kier molecular flexibility index (Phi) is 14.3. The normalized spacial score (nSPS) is 20.7. The maximum atomic E-state index is 14.1. The molecule has 2 aromatic rings. The van der Waals surface area contributed by atoms with Crippen LogP contribution in [0, 0.1) is 0 Å². The molecule has 0 saturated carbocycles. The summed E-state index contributed by atoms with van der Waals surface area (Å²) < 4.78 is 34.2. The zero-order valence-corrected chi connectivity index (χ0v) is 34.0. The van der Waals surface area contributed by atoms with E-state index in [-0.39, 0.29) is 21.8 Å². The Balaban J connectivity index is 2.12. The fourth-order valence-electron chi connectivity index (χ4n) is 4.83. The first-order chi connectivity index (χ1) is 22.3. The number of hydrogen-bond donors (Lipinski definition) is 1. The monoisotopic (exact) mass is 721 g/mol. The average molecular weight is 722 g/mol. The average Bonchev–Trinajstić information content (AvgIpc) is 3.31. The fraction of sp³-hybridized carbons (Fsp3) is 0.686. The molecule has 48 heavy (non-hydrogen) atoms. The molecule has 3 rings (SSSR count). The van der Waals surface area contributed by atoms with Gasteiger partial charge >= 0.3 is 5.69 Å². The van der Waals surface area contributed by atoms with Gasteiger partial charge in [-0.2, -0.15) is 16.7 Å². The Hall–Kier alpha value is -1.85. The van der Waals surface area contributed by atoms with Crippen molar-refractivity contribution in [3.63, 3.8) is 0 Å². The van der Waals surface area contributed by atoms with E-state index in [1.807, 2.05) is 6.07 Å². The Morgan fingerprint density at radius 2 is 1.65 bits per heavy atom. The zero-order chi connectivity index (χ0) is 35.9. The smallest absolute Gasteiger partial charge is 0.351 e. The van der Waals surface area contributed by atoms with Crippen LogP contribution in [0.1, 0.15) is 70.7 Å². The summed E-state index contributed by atoms with van der Waals surface area (Å²) in [6.07, 6.45) is -1.89. The molecule has 1 amide bonds. The number of aryl methyl sites for hydroxylation is 1. The fourth-order valence-corrected chi connectivity index (χ4v) is 7.80. The van der Waals surface area contributed by atoms with E-state index in [0.29, 0.717) is 37.5 Å². The van der Waals surface area contributed by atoms with E-state index >= 15 is 0 Å². The topological polar surface area (TPSA) is 110 Å². The van der Waals surface area contributed by atoms with Crippen LogP contribution < -0.4 is 11.0 Å². The van der Waals surface area contributed by atoms with Crippen molar-refractivity contribution in [2.75, 3.05) is 43.8 Å². The van der Waals surface area contributed by atoms with Gasteiger partial charge in [0.05, 0.1) is 19.8 Å². The highest BCUT2D eigenvalue weighted by atomic mass is 32.2. The SMILES string of the molecule is CCSCCc1cc(NC(=O)c2ccccc2)nc(=O)n1[C@@H]1O[C@H](CO[Si](C)(C)C(C)(C)C)[C@@H](O[Si](C)(C)C(C)(C)C)[C@H]1OCCOC. The molecule has 4 atom stereocenters. The summed E-state index contributed by atoms with van der Waals surface area (Å²) in [5, 5.41) is 2.75. The van der Waals surface area contributed by atoms with Gasteiger partial charge in [-0.05, 0) is 66.3 Å². The lowest BCUT2D eigenvalue weighted by Crippen LogP contribution is -2.52. The number of nitrogens with zero attached hydrogens (tertiary/aromatic N) is 2. The molecule has 1 aliphatic rings. The lowest BCUT2D eigenvalue weighted by molar-refractivity contribution is -0.0818. The van der Waals surface area contributed by atoms with Gasteiger partial charge in [0.25, 0.3) is 5.91 Å². The van der Waals surface area contributed by atoms with Crippen molar-refractivity contribution in [3.05, 3.63) is 58.1 Å². The quantitative estimate of drug-likeness (QED) is 0.143. The standard InChI is InChI=1S/C35H59N3O7SSi2/c1-13-46-22-19-26-23-28(36-31(39)25-17-15-14-16-18-25)37-33(40)38(26)32-30(42-21-20-41-8)29(45-48(11,12)35(5,6)7)27(44-32)24-43-47(9,10)34(2,3)4/h14-18,23,27,29-30,32H,13,19-22,24H2,1-12H3,(H,36,37,39,40)/t27-,29-,30-,32-/m1/s1. The number of hydrogen-bond acceptors (Lipinski definition) is 9. The maximum absolute atomic E-state index is 14.1. The summed E-state index contributed by atoms with van der Waals surface area (Å²) in [6, 6.07) is 10.7. The van der Waals surface area contributed by atoms with Crippen LogP contribution in [0.15, 0.2) is 41.2 Å². The van der Waals surface area contributed by atoms with Gasteiger partial charge in [-0.1, -0.05) is 66.7 Å². The maximum Gasteiger partial charge on any atom is 0.351 e. The number of anilines is 1. The highest BCUT2D eigenvalue weighted by Gasteiger charge is 2.53. The number of carbonyl (C=O) groups excluding carboxylic acids is 1. The second kappa shape index (κ2) is 16.9. The van der Waals surface area contributed by atoms with Crippen molar-refractivity contribution in [2.45, 2.75) is 116 Å². The highest BCUT2D eigenvalue weighted by Crippen LogP contribution is 2.43. The van der Waals surface area contributed by atoms with E-state index in [0.717, 1.165) is 11.5 Å². The summed E-state index contributed by atoms with van der Waals surface area (Å²) in [5.74, 6) is 1.57. The van der Waals surface area contributed by atoms with Gasteiger partial charge in [-0.25, -0.2) is 4.79 Å². The van der Waals surface area contributed by atoms with E-state index in [2.05, 4.69) is 85.0 Å². The van der Waals surface area contributed by atoms with Crippen molar-refractivity contribution in [2.24, 2.45) is 0 Å². The largest absolute Gasteiger partial charge is 0.414 e. The number of thioether (sulfide) groups is 1. The van der Waals surface area contributed by atoms with Crippen LogP contribution in [0.5, 0.6) is 0 Å². The van der Waals surface area contributed by atoms with Crippen LogP contribution in [-0.4, -0.2) is 88.8 Å². The molecule has 1 saturated heterocycles. The summed E-state index contributed by atoms with van der Waals surface area (Å²) in [5.41, 5.74) is 0.647. The third-order valence-electron chi connectivity index (χ3n) is 9.81. The van der Waals surface area contributed by atoms with E-state index in [1.54, 1.807) is 53.8 Å². The predicted octanol–water partition coefficient (Wildman–Crippen LogP) is 7.13. The van der Waals surface area contributed by atoms with Crippen molar-refractivity contribution >= 4 is 40.1 Å². The van der Waals surface area contributed by atoms with E-state index in [4.69, 9.17) is 23.1 Å². The number of amides is 1. The van der Waals surface area contributed by atoms with Crippen LogP contribution in [0.25, 0.3) is 0 Å². The zero-order valence-electron chi connectivity index (χ0n) is 31.2. The number of aromatic nitrogens is 2. The molecule has 0 radical (unpaired) electrons. The number of nitrogens with one attached hydrogen (secondary N) is 1. The van der Waals surface area contributed by atoms with Crippen molar-refractivity contribution in [1.82, 2.24) is 9.55 Å². The van der Waals surface area contributed by atoms with Crippen molar-refractivity contribution in [3.8, 4) is 0 Å². The molecule has 1 aromatic carbocycles. The van der Waals surface area contributed by atoms with Gasteiger partial charge in [0.1, 0.15) is 24.1 Å². The molecule has 13 heteroatoms. The number of ether oxygens (including phenoxy) is 3. The second-order valence-corrected chi connectivity index (χ2v) is 26.3. The van der Waals surface area contributed by atoms with Crippen molar-refractivity contribution in [1.29, 1.82) is 0 Å². The lowest BCUT2D eigenvalue weighted by atomic mass is 10.1. The van der Waals surface area contributed by atoms with Crippen molar-refractivity contribution < 1.29 is 27.9 Å². The minimum atomic E-state index is -2.35. The number of methoxy groups -OCH3 is 1. The molecule has 1 aromatic heterocycles. The predicted molar refractivity (Wildman–Crippen MR) is 200 cm³/mol. The molecule has 0 bridgehead atoms. The van der Waals surface area contributed by atoms with E-state index in [1.165, 1.54) is 0 Å². The van der Waals surface area contributed by atoms with Gasteiger partial charge in [0, 0.05) is 24.4 Å². The van der Waals surface area contributed by atoms with Crippen LogP contribution >= 0.6 is 11.8 Å². The highest BCUT2D eigenvalue weighted by molar-refractivity contribution is 7.99. The van der Waals surface area contributed by atoms with Crippen LogP contribution in [0.2, 0.25) is 36.3 Å². The van der Waals surface area contributed by atoms with Crippen LogP contribution in [0.3, 0.4) is 0 Å². The second-order valence-electron chi connectivity index (χ2n) is 15.4. The van der Waals surface area contributed by atoms with E-state index < -0.39 is 46.9 Å². The lowest BCUT2D eigenvalue weighted by Gasteiger charge is -2.41. The minimum absolute atomic E-state index is 0.000142. The molecule has 1 aliphatic heterocycles. The Morgan fingerprint density at radius 1 is 1.00 bits per heavy atom. The molecule has 0 aliphatic carbocycles. The summed E-state index contributed by atoms with van der Waals surface area (Å²) in [6.45, 7) is 25.2. The first kappa shape index (κ1) is 40.6. The van der Waals surface area contributed by atoms with Crippen LogP contribution in [0.4, 0.5) is 5.82 Å². The van der Waals surface area contributed by atoms with Gasteiger partial charge in [0.15, 0.2) is 22.9 Å². The molecule has 10 nitrogen and oxygen atoms in total.